The van der Waals surface area contributed by atoms with E-state index in [1.165, 1.54) is 11.1 Å². The fourth-order valence-corrected chi connectivity index (χ4v) is 2.98. The zero-order chi connectivity index (χ0) is 19.1. The van der Waals surface area contributed by atoms with Gasteiger partial charge in [0.25, 0.3) is 0 Å². The van der Waals surface area contributed by atoms with Crippen molar-refractivity contribution in [2.24, 2.45) is 4.99 Å². The number of benzene rings is 1. The zero-order valence-electron chi connectivity index (χ0n) is 17.1. The molecule has 0 aliphatic heterocycles. The second kappa shape index (κ2) is 11.1. The molecule has 6 heteroatoms. The molecule has 0 aliphatic carbocycles. The van der Waals surface area contributed by atoms with Crippen LogP contribution in [0.5, 0.6) is 5.75 Å². The Labute approximate surface area is 180 Å². The maximum atomic E-state index is 5.47. The maximum absolute atomic E-state index is 5.47. The van der Waals surface area contributed by atoms with E-state index in [4.69, 9.17) is 4.74 Å². The quantitative estimate of drug-likeness (QED) is 0.370. The van der Waals surface area contributed by atoms with Gasteiger partial charge in [0.05, 0.1) is 19.3 Å². The first-order chi connectivity index (χ1) is 12.5. The van der Waals surface area contributed by atoms with Gasteiger partial charge >= 0.3 is 0 Å². The molecule has 2 N–H and O–H groups in total. The molecule has 0 saturated heterocycles. The number of rotatable bonds is 6. The van der Waals surface area contributed by atoms with E-state index in [1.807, 2.05) is 20.0 Å². The number of ether oxygens (including phenoxy) is 1. The molecule has 5 nitrogen and oxygen atoms in total. The predicted molar refractivity (Wildman–Crippen MR) is 123 cm³/mol. The number of nitrogens with zero attached hydrogens (tertiary/aromatic N) is 2. The van der Waals surface area contributed by atoms with E-state index in [0.717, 1.165) is 35.1 Å². The van der Waals surface area contributed by atoms with E-state index < -0.39 is 0 Å². The Hall–Kier alpha value is -1.83. The molecule has 0 aliphatic rings. The van der Waals surface area contributed by atoms with E-state index in [1.54, 1.807) is 14.2 Å². The lowest BCUT2D eigenvalue weighted by molar-refractivity contribution is 0.406. The average Bonchev–Trinajstić information content (AvgIpc) is 2.63. The van der Waals surface area contributed by atoms with Crippen LogP contribution in [0.4, 0.5) is 0 Å². The van der Waals surface area contributed by atoms with Crippen molar-refractivity contribution in [3.63, 3.8) is 0 Å². The monoisotopic (exact) mass is 482 g/mol. The lowest BCUT2D eigenvalue weighted by Crippen LogP contribution is -2.38. The Bertz CT molecular complexity index is 777. The van der Waals surface area contributed by atoms with Crippen molar-refractivity contribution < 1.29 is 4.74 Å². The fourth-order valence-electron chi connectivity index (χ4n) is 2.98. The highest BCUT2D eigenvalue weighted by Gasteiger charge is 2.11. The second-order valence-corrected chi connectivity index (χ2v) is 6.67. The van der Waals surface area contributed by atoms with Gasteiger partial charge in [-0.3, -0.25) is 9.98 Å². The molecule has 2 aromatic rings. The van der Waals surface area contributed by atoms with Crippen LogP contribution in [0.15, 0.2) is 35.5 Å². The highest BCUT2D eigenvalue weighted by atomic mass is 127. The Balaban J connectivity index is 0.00000364. The van der Waals surface area contributed by atoms with Crippen LogP contribution in [0, 0.1) is 20.8 Å². The van der Waals surface area contributed by atoms with Crippen molar-refractivity contribution in [2.45, 2.75) is 40.2 Å². The summed E-state index contributed by atoms with van der Waals surface area (Å²) >= 11 is 0. The van der Waals surface area contributed by atoms with Gasteiger partial charge in [-0.05, 0) is 32.3 Å². The van der Waals surface area contributed by atoms with Crippen LogP contribution in [-0.2, 0) is 6.54 Å². The van der Waals surface area contributed by atoms with Crippen LogP contribution >= 0.6 is 24.0 Å². The van der Waals surface area contributed by atoms with Gasteiger partial charge in [-0.25, -0.2) is 0 Å². The highest BCUT2D eigenvalue weighted by Crippen LogP contribution is 2.23. The first-order valence-electron chi connectivity index (χ1n) is 8.96. The number of nitrogens with one attached hydrogen (secondary N) is 2. The van der Waals surface area contributed by atoms with Crippen molar-refractivity contribution in [2.75, 3.05) is 20.7 Å². The van der Waals surface area contributed by atoms with Crippen LogP contribution < -0.4 is 15.4 Å². The molecule has 1 unspecified atom stereocenters. The van der Waals surface area contributed by atoms with Gasteiger partial charge in [-0.15, -0.1) is 24.0 Å². The number of methoxy groups -OCH3 is 1. The molecule has 1 aromatic carbocycles. The normalized spacial score (nSPS) is 12.1. The molecule has 0 saturated carbocycles. The summed E-state index contributed by atoms with van der Waals surface area (Å²) in [6, 6.07) is 8.62. The Morgan fingerprint density at radius 3 is 2.59 bits per heavy atom. The Morgan fingerprint density at radius 2 is 1.96 bits per heavy atom. The van der Waals surface area contributed by atoms with Gasteiger partial charge in [0.15, 0.2) is 5.96 Å². The van der Waals surface area contributed by atoms with Gasteiger partial charge in [0.2, 0.25) is 0 Å². The molecule has 0 fully saturated rings. The molecule has 148 valence electrons. The lowest BCUT2D eigenvalue weighted by Gasteiger charge is -2.18. The van der Waals surface area contributed by atoms with Crippen LogP contribution in [0.1, 0.15) is 40.8 Å². The van der Waals surface area contributed by atoms with Crippen LogP contribution in [0.3, 0.4) is 0 Å². The van der Waals surface area contributed by atoms with E-state index in [-0.39, 0.29) is 24.0 Å². The van der Waals surface area contributed by atoms with Gasteiger partial charge in [0.1, 0.15) is 5.75 Å². The minimum Gasteiger partial charge on any atom is -0.496 e. The van der Waals surface area contributed by atoms with Gasteiger partial charge in [0, 0.05) is 30.9 Å². The Kier molecular flexibility index (Phi) is 9.55. The van der Waals surface area contributed by atoms with E-state index in [0.29, 0.717) is 12.5 Å². The summed E-state index contributed by atoms with van der Waals surface area (Å²) in [5, 5.41) is 6.73. The van der Waals surface area contributed by atoms with Crippen LogP contribution in [0.25, 0.3) is 0 Å². The number of halogens is 1. The number of pyridine rings is 1. The summed E-state index contributed by atoms with van der Waals surface area (Å²) in [4.78, 5) is 8.83. The fraction of sp³-hybridized carbons (Fsp3) is 0.429. The number of guanidine groups is 1. The molecule has 0 spiro atoms. The first-order valence-corrected chi connectivity index (χ1v) is 8.96. The van der Waals surface area contributed by atoms with Crippen LogP contribution in [-0.4, -0.2) is 31.6 Å². The summed E-state index contributed by atoms with van der Waals surface area (Å²) in [5.74, 6) is 2.06. The topological polar surface area (TPSA) is 58.5 Å². The lowest BCUT2D eigenvalue weighted by atomic mass is 9.99. The summed E-state index contributed by atoms with van der Waals surface area (Å²) in [7, 11) is 3.47. The third kappa shape index (κ3) is 6.37. The van der Waals surface area contributed by atoms with Crippen molar-refractivity contribution in [1.29, 1.82) is 0 Å². The largest absolute Gasteiger partial charge is 0.496 e. The highest BCUT2D eigenvalue weighted by molar-refractivity contribution is 14.0. The predicted octanol–water partition coefficient (Wildman–Crippen LogP) is 4.10. The second-order valence-electron chi connectivity index (χ2n) is 6.67. The molecule has 1 aromatic heterocycles. The van der Waals surface area contributed by atoms with Gasteiger partial charge in [-0.2, -0.15) is 0 Å². The van der Waals surface area contributed by atoms with Crippen LogP contribution in [0.2, 0.25) is 0 Å². The van der Waals surface area contributed by atoms with E-state index in [2.05, 4.69) is 58.7 Å². The van der Waals surface area contributed by atoms with Gasteiger partial charge < -0.3 is 15.4 Å². The van der Waals surface area contributed by atoms with Crippen molar-refractivity contribution >= 4 is 29.9 Å². The number of aryl methyl sites for hydroxylation is 2. The zero-order valence-corrected chi connectivity index (χ0v) is 19.4. The molecular formula is C21H31IN4O. The molecule has 0 bridgehead atoms. The average molecular weight is 482 g/mol. The number of aromatic nitrogens is 1. The summed E-state index contributed by atoms with van der Waals surface area (Å²) in [5.41, 5.74) is 5.68. The molecule has 1 heterocycles. The molecule has 0 amide bonds. The smallest absolute Gasteiger partial charge is 0.191 e. The SMILES string of the molecule is CN=C(NCc1ncc(C)c(OC)c1C)NCC(C)c1cccc(C)c1.I. The van der Waals surface area contributed by atoms with E-state index >= 15 is 0 Å². The van der Waals surface area contributed by atoms with Crippen molar-refractivity contribution in [3.8, 4) is 5.75 Å². The third-order valence-electron chi connectivity index (χ3n) is 4.58. The molecule has 27 heavy (non-hydrogen) atoms. The third-order valence-corrected chi connectivity index (χ3v) is 4.58. The minimum atomic E-state index is 0. The van der Waals surface area contributed by atoms with Crippen molar-refractivity contribution in [3.05, 3.63) is 58.4 Å². The molecule has 2 rings (SSSR count). The number of hydrogen-bond donors (Lipinski definition) is 2. The van der Waals surface area contributed by atoms with Crippen molar-refractivity contribution in [1.82, 2.24) is 15.6 Å². The standard InChI is InChI=1S/C21H30N4O.HI/c1-14-8-7-9-18(10-14)15(2)11-24-21(22-5)25-13-19-17(4)20(26-6)16(3)12-23-19;/h7-10,12,15H,11,13H2,1-6H3,(H2,22,24,25);1H. The number of hydrogen-bond acceptors (Lipinski definition) is 3. The molecule has 0 radical (unpaired) electrons. The van der Waals surface area contributed by atoms with E-state index in [9.17, 15) is 0 Å². The summed E-state index contributed by atoms with van der Waals surface area (Å²) in [6.07, 6.45) is 1.85. The van der Waals surface area contributed by atoms with Gasteiger partial charge in [-0.1, -0.05) is 36.8 Å². The first kappa shape index (κ1) is 23.2. The maximum Gasteiger partial charge on any atom is 0.191 e. The number of aliphatic imine (C=N–C) groups is 1. The summed E-state index contributed by atoms with van der Waals surface area (Å²) in [6.45, 7) is 9.78. The minimum absolute atomic E-state index is 0. The molecule has 1 atom stereocenters. The Morgan fingerprint density at radius 1 is 1.22 bits per heavy atom. The molecular weight excluding hydrogens is 451 g/mol. The summed E-state index contributed by atoms with van der Waals surface area (Å²) < 4.78 is 5.47.